The van der Waals surface area contributed by atoms with Crippen LogP contribution in [0.2, 0.25) is 0 Å². The molecule has 6 nitrogen and oxygen atoms in total. The van der Waals surface area contributed by atoms with Gasteiger partial charge in [-0.05, 0) is 79.9 Å². The Morgan fingerprint density at radius 2 is 1.63 bits per heavy atom. The zero-order chi connectivity index (χ0) is 23.9. The number of ether oxygens (including phenoxy) is 3. The molecule has 3 aromatic carbocycles. The third kappa shape index (κ3) is 6.55. The normalized spacial score (nSPS) is 16.0. The van der Waals surface area contributed by atoms with Crippen LogP contribution in [-0.2, 0) is 17.6 Å². The summed E-state index contributed by atoms with van der Waals surface area (Å²) in [5.41, 5.74) is 2.06. The number of amides is 1. The molecule has 1 atom stereocenters. The molecule has 1 N–H and O–H groups in total. The fraction of sp³-hybridized carbons (Fsp3) is 0.345. The zero-order valence-electron chi connectivity index (χ0n) is 19.9. The first-order valence-corrected chi connectivity index (χ1v) is 12.4. The van der Waals surface area contributed by atoms with E-state index in [0.717, 1.165) is 60.2 Å². The Morgan fingerprint density at radius 1 is 0.857 bits per heavy atom. The lowest BCUT2D eigenvalue weighted by atomic mass is 10.0. The molecule has 0 aliphatic carbocycles. The number of nitrogens with zero attached hydrogens (tertiary/aromatic N) is 1. The van der Waals surface area contributed by atoms with Gasteiger partial charge in [0.25, 0.3) is 0 Å². The van der Waals surface area contributed by atoms with Gasteiger partial charge in [0.1, 0.15) is 24.7 Å². The quantitative estimate of drug-likeness (QED) is 0.493. The lowest BCUT2D eigenvalue weighted by Gasteiger charge is -2.25. The summed E-state index contributed by atoms with van der Waals surface area (Å²) in [7, 11) is 0. The van der Waals surface area contributed by atoms with Crippen molar-refractivity contribution in [2.45, 2.75) is 31.7 Å². The predicted octanol–water partition coefficient (Wildman–Crippen LogP) is 4.62. The van der Waals surface area contributed by atoms with Crippen LogP contribution in [0.15, 0.2) is 72.8 Å². The van der Waals surface area contributed by atoms with Gasteiger partial charge in [-0.25, -0.2) is 0 Å². The van der Waals surface area contributed by atoms with Crippen LogP contribution >= 0.6 is 0 Å². The molecule has 2 aliphatic rings. The van der Waals surface area contributed by atoms with E-state index in [1.54, 1.807) is 0 Å². The number of carbonyl (C=O) groups is 1. The molecule has 2 aliphatic heterocycles. The Labute approximate surface area is 206 Å². The van der Waals surface area contributed by atoms with Crippen molar-refractivity contribution < 1.29 is 19.0 Å². The maximum Gasteiger partial charge on any atom is 0.224 e. The van der Waals surface area contributed by atoms with E-state index in [-0.39, 0.29) is 11.9 Å². The molecule has 0 unspecified atom stereocenters. The minimum absolute atomic E-state index is 0.0172. The van der Waals surface area contributed by atoms with Crippen molar-refractivity contribution in [3.05, 3.63) is 83.9 Å². The maximum absolute atomic E-state index is 13.1. The van der Waals surface area contributed by atoms with Gasteiger partial charge in [-0.2, -0.15) is 0 Å². The molecule has 6 heteroatoms. The third-order valence-electron chi connectivity index (χ3n) is 6.37. The molecular formula is C29H32N2O4. The summed E-state index contributed by atoms with van der Waals surface area (Å²) < 4.78 is 17.3. The van der Waals surface area contributed by atoms with Crippen molar-refractivity contribution in [3.8, 4) is 23.0 Å². The number of hydrogen-bond acceptors (Lipinski definition) is 5. The Balaban J connectivity index is 1.24. The SMILES string of the molecule is O=C(Cc1cccc(Oc2ccccc2)c1)N[C@@H](Cc1ccc2c(c1)OCCO2)CN1CCCC1. The van der Waals surface area contributed by atoms with E-state index in [4.69, 9.17) is 14.2 Å². The number of fused-ring (bicyclic) bond motifs is 1. The van der Waals surface area contributed by atoms with Gasteiger partial charge in [-0.3, -0.25) is 4.79 Å². The number of carbonyl (C=O) groups excluding carboxylic acids is 1. The van der Waals surface area contributed by atoms with Gasteiger partial charge in [-0.15, -0.1) is 0 Å². The van der Waals surface area contributed by atoms with Crippen LogP contribution in [-0.4, -0.2) is 49.7 Å². The molecule has 0 radical (unpaired) electrons. The molecule has 182 valence electrons. The standard InChI is InChI=1S/C29H32N2O4/c32-29(20-22-7-6-10-26(18-22)35-25-8-2-1-3-9-25)30-24(21-31-13-4-5-14-31)17-23-11-12-27-28(19-23)34-16-15-33-27/h1-3,6-12,18-19,24H,4-5,13-17,20-21H2,(H,30,32)/t24-/m0/s1. The summed E-state index contributed by atoms with van der Waals surface area (Å²) >= 11 is 0. The highest BCUT2D eigenvalue weighted by molar-refractivity contribution is 5.79. The molecule has 3 aromatic rings. The Morgan fingerprint density at radius 3 is 2.46 bits per heavy atom. The van der Waals surface area contributed by atoms with Crippen LogP contribution in [0.3, 0.4) is 0 Å². The predicted molar refractivity (Wildman–Crippen MR) is 135 cm³/mol. The molecule has 2 heterocycles. The van der Waals surface area contributed by atoms with Gasteiger partial charge in [0.2, 0.25) is 5.91 Å². The molecule has 1 fully saturated rings. The van der Waals surface area contributed by atoms with Crippen molar-refractivity contribution in [1.82, 2.24) is 10.2 Å². The lowest BCUT2D eigenvalue weighted by Crippen LogP contribution is -2.45. The van der Waals surface area contributed by atoms with Gasteiger partial charge in [-0.1, -0.05) is 36.4 Å². The zero-order valence-corrected chi connectivity index (χ0v) is 19.9. The van der Waals surface area contributed by atoms with E-state index < -0.39 is 0 Å². The molecule has 0 spiro atoms. The molecule has 0 bridgehead atoms. The molecular weight excluding hydrogens is 440 g/mol. The van der Waals surface area contributed by atoms with Crippen LogP contribution < -0.4 is 19.5 Å². The summed E-state index contributed by atoms with van der Waals surface area (Å²) in [6.45, 7) is 4.17. The van der Waals surface area contributed by atoms with Crippen molar-refractivity contribution in [2.24, 2.45) is 0 Å². The summed E-state index contributed by atoms with van der Waals surface area (Å²) in [5.74, 6) is 3.10. The molecule has 0 saturated carbocycles. The number of rotatable bonds is 9. The van der Waals surface area contributed by atoms with Gasteiger partial charge < -0.3 is 24.4 Å². The van der Waals surface area contributed by atoms with E-state index in [1.807, 2.05) is 66.7 Å². The first-order valence-electron chi connectivity index (χ1n) is 12.4. The molecule has 0 aromatic heterocycles. The second-order valence-corrected chi connectivity index (χ2v) is 9.19. The van der Waals surface area contributed by atoms with Gasteiger partial charge in [0.15, 0.2) is 11.5 Å². The van der Waals surface area contributed by atoms with E-state index in [2.05, 4.69) is 16.3 Å². The van der Waals surface area contributed by atoms with Crippen LogP contribution in [0.4, 0.5) is 0 Å². The Bertz CT molecular complexity index is 1130. The Kier molecular flexibility index (Phi) is 7.49. The second kappa shape index (κ2) is 11.3. The van der Waals surface area contributed by atoms with E-state index in [0.29, 0.717) is 19.6 Å². The molecule has 1 saturated heterocycles. The van der Waals surface area contributed by atoms with Gasteiger partial charge in [0, 0.05) is 12.6 Å². The minimum atomic E-state index is 0.0172. The van der Waals surface area contributed by atoms with E-state index in [1.165, 1.54) is 12.8 Å². The van der Waals surface area contributed by atoms with Crippen LogP contribution in [0.1, 0.15) is 24.0 Å². The highest BCUT2D eigenvalue weighted by Crippen LogP contribution is 2.31. The maximum atomic E-state index is 13.1. The minimum Gasteiger partial charge on any atom is -0.486 e. The molecule has 5 rings (SSSR count). The Hall–Kier alpha value is -3.51. The van der Waals surface area contributed by atoms with Crippen molar-refractivity contribution in [3.63, 3.8) is 0 Å². The lowest BCUT2D eigenvalue weighted by molar-refractivity contribution is -0.121. The van der Waals surface area contributed by atoms with E-state index >= 15 is 0 Å². The molecule has 1 amide bonds. The second-order valence-electron chi connectivity index (χ2n) is 9.19. The smallest absolute Gasteiger partial charge is 0.224 e. The van der Waals surface area contributed by atoms with Gasteiger partial charge in [0.05, 0.1) is 6.42 Å². The number of likely N-dealkylation sites (tertiary alicyclic amines) is 1. The number of nitrogens with one attached hydrogen (secondary N) is 1. The monoisotopic (exact) mass is 472 g/mol. The highest BCUT2D eigenvalue weighted by atomic mass is 16.6. The average molecular weight is 473 g/mol. The van der Waals surface area contributed by atoms with E-state index in [9.17, 15) is 4.79 Å². The largest absolute Gasteiger partial charge is 0.486 e. The first kappa shape index (κ1) is 23.2. The van der Waals surface area contributed by atoms with Gasteiger partial charge >= 0.3 is 0 Å². The van der Waals surface area contributed by atoms with Crippen LogP contribution in [0, 0.1) is 0 Å². The fourth-order valence-corrected chi connectivity index (χ4v) is 4.75. The average Bonchev–Trinajstić information content (AvgIpc) is 3.38. The summed E-state index contributed by atoms with van der Waals surface area (Å²) in [6.07, 6.45) is 3.50. The third-order valence-corrected chi connectivity index (χ3v) is 6.37. The highest BCUT2D eigenvalue weighted by Gasteiger charge is 2.21. The number of benzene rings is 3. The molecule has 35 heavy (non-hydrogen) atoms. The van der Waals surface area contributed by atoms with Crippen molar-refractivity contribution in [2.75, 3.05) is 32.8 Å². The summed E-state index contributed by atoms with van der Waals surface area (Å²) in [4.78, 5) is 15.5. The number of hydrogen-bond donors (Lipinski definition) is 1. The number of para-hydroxylation sites is 1. The first-order chi connectivity index (χ1) is 17.2. The summed E-state index contributed by atoms with van der Waals surface area (Å²) in [6, 6.07) is 23.5. The topological polar surface area (TPSA) is 60.0 Å². The van der Waals surface area contributed by atoms with Crippen LogP contribution in [0.5, 0.6) is 23.0 Å². The summed E-state index contributed by atoms with van der Waals surface area (Å²) in [5, 5.41) is 3.30. The van der Waals surface area contributed by atoms with Crippen molar-refractivity contribution in [1.29, 1.82) is 0 Å². The fourth-order valence-electron chi connectivity index (χ4n) is 4.75. The van der Waals surface area contributed by atoms with Crippen molar-refractivity contribution >= 4 is 5.91 Å². The van der Waals surface area contributed by atoms with Crippen LogP contribution in [0.25, 0.3) is 0 Å².